The summed E-state index contributed by atoms with van der Waals surface area (Å²) < 4.78 is 29.9. The minimum Gasteiger partial charge on any atom is -0.370 e. The van der Waals surface area contributed by atoms with Crippen LogP contribution in [0.3, 0.4) is 0 Å². The Labute approximate surface area is 201 Å². The Morgan fingerprint density at radius 3 is 2.55 bits per heavy atom. The first kappa shape index (κ1) is 25.2. The second-order valence-corrected chi connectivity index (χ2v) is 11.8. The van der Waals surface area contributed by atoms with Crippen molar-refractivity contribution in [3.63, 3.8) is 0 Å². The van der Waals surface area contributed by atoms with Crippen molar-refractivity contribution in [2.75, 3.05) is 36.2 Å². The monoisotopic (exact) mass is 513 g/mol. The summed E-state index contributed by atoms with van der Waals surface area (Å²) in [7, 11) is -3.65. The fraction of sp³-hybridized carbons (Fsp3) is 0.381. The molecule has 2 heterocycles. The number of thiophene rings is 1. The highest BCUT2D eigenvalue weighted by atomic mass is 35.5. The molecule has 0 saturated carbocycles. The number of carbonyl (C=O) groups is 3. The van der Waals surface area contributed by atoms with Gasteiger partial charge in [-0.25, -0.2) is 8.42 Å². The van der Waals surface area contributed by atoms with Gasteiger partial charge in [0.05, 0.1) is 21.1 Å². The predicted molar refractivity (Wildman–Crippen MR) is 128 cm³/mol. The third kappa shape index (κ3) is 6.11. The number of halogens is 1. The summed E-state index contributed by atoms with van der Waals surface area (Å²) in [6.45, 7) is 4.03. The molecular weight excluding hydrogens is 490 g/mol. The van der Waals surface area contributed by atoms with Gasteiger partial charge in [-0.1, -0.05) is 11.6 Å². The van der Waals surface area contributed by atoms with Crippen LogP contribution in [-0.4, -0.2) is 63.4 Å². The molecule has 0 spiro atoms. The van der Waals surface area contributed by atoms with Crippen LogP contribution in [0.2, 0.25) is 4.34 Å². The Hall–Kier alpha value is -2.47. The highest BCUT2D eigenvalue weighted by molar-refractivity contribution is 7.91. The zero-order valence-electron chi connectivity index (χ0n) is 18.3. The Morgan fingerprint density at radius 1 is 1.24 bits per heavy atom. The van der Waals surface area contributed by atoms with E-state index >= 15 is 0 Å². The average Bonchev–Trinajstić information content (AvgIpc) is 3.18. The molecule has 0 bridgehead atoms. The van der Waals surface area contributed by atoms with Gasteiger partial charge in [-0.2, -0.15) is 0 Å². The highest BCUT2D eigenvalue weighted by Gasteiger charge is 2.34. The van der Waals surface area contributed by atoms with Crippen LogP contribution in [0, 0.1) is 6.92 Å². The summed E-state index contributed by atoms with van der Waals surface area (Å²) in [6, 6.07) is 6.70. The fourth-order valence-corrected chi connectivity index (χ4v) is 4.95. The molecule has 1 aliphatic rings. The summed E-state index contributed by atoms with van der Waals surface area (Å²) in [6.07, 6.45) is 1.00. The van der Waals surface area contributed by atoms with Crippen LogP contribution in [0.5, 0.6) is 0 Å². The minimum absolute atomic E-state index is 0.0120. The first-order chi connectivity index (χ1) is 15.5. The van der Waals surface area contributed by atoms with Crippen LogP contribution < -0.4 is 15.5 Å². The Kier molecular flexibility index (Phi) is 7.78. The molecule has 1 aromatic heterocycles. The minimum atomic E-state index is -3.65. The van der Waals surface area contributed by atoms with Crippen molar-refractivity contribution >= 4 is 61.9 Å². The first-order valence-electron chi connectivity index (χ1n) is 10.0. The van der Waals surface area contributed by atoms with Crippen LogP contribution in [0.4, 0.5) is 11.4 Å². The number of benzene rings is 1. The van der Waals surface area contributed by atoms with E-state index in [0.29, 0.717) is 28.9 Å². The molecule has 9 nitrogen and oxygen atoms in total. The SMILES string of the molecule is Cc1cc(NC(=O)C(NC(=O)c2ccc(Cl)s2)[C@@H](C)S(C)(=O)=O)ccc1N1CCOCC1=O. The van der Waals surface area contributed by atoms with Crippen molar-refractivity contribution in [2.45, 2.75) is 25.1 Å². The van der Waals surface area contributed by atoms with Crippen molar-refractivity contribution < 1.29 is 27.5 Å². The molecular formula is C21H24ClN3O6S2. The predicted octanol–water partition coefficient (Wildman–Crippen LogP) is 2.24. The van der Waals surface area contributed by atoms with E-state index < -0.39 is 32.9 Å². The van der Waals surface area contributed by atoms with E-state index in [9.17, 15) is 22.8 Å². The molecule has 1 aliphatic heterocycles. The summed E-state index contributed by atoms with van der Waals surface area (Å²) in [5.41, 5.74) is 1.85. The van der Waals surface area contributed by atoms with Crippen molar-refractivity contribution in [3.05, 3.63) is 45.1 Å². The van der Waals surface area contributed by atoms with E-state index in [4.69, 9.17) is 16.3 Å². The standard InChI is InChI=1S/C21H24ClN3O6S2/c1-12-10-14(4-5-15(12)25-8-9-31-11-18(25)26)23-21(28)19(13(2)33(3,29)30)24-20(27)16-6-7-17(22)32-16/h4-7,10,13,19H,8-9,11H2,1-3H3,(H,23,28)(H,24,27)/t13-,19?/m1/s1. The molecule has 1 aromatic carbocycles. The van der Waals surface area contributed by atoms with Gasteiger partial charge in [-0.3, -0.25) is 14.4 Å². The number of morpholine rings is 1. The zero-order chi connectivity index (χ0) is 24.3. The molecule has 12 heteroatoms. The Balaban J connectivity index is 1.80. The van der Waals surface area contributed by atoms with Gasteiger partial charge in [0.15, 0.2) is 9.84 Å². The number of nitrogens with zero attached hydrogens (tertiary/aromatic N) is 1. The number of hydrogen-bond acceptors (Lipinski definition) is 7. The van der Waals surface area contributed by atoms with Crippen molar-refractivity contribution in [1.82, 2.24) is 5.32 Å². The fourth-order valence-electron chi connectivity index (χ4n) is 3.32. The summed E-state index contributed by atoms with van der Waals surface area (Å²) in [4.78, 5) is 39.6. The number of hydrogen-bond donors (Lipinski definition) is 2. The maximum Gasteiger partial charge on any atom is 0.262 e. The number of carbonyl (C=O) groups excluding carboxylic acids is 3. The lowest BCUT2D eigenvalue weighted by molar-refractivity contribution is -0.125. The number of aryl methyl sites for hydroxylation is 1. The van der Waals surface area contributed by atoms with E-state index in [1.165, 1.54) is 13.0 Å². The van der Waals surface area contributed by atoms with Gasteiger partial charge in [0.25, 0.3) is 11.8 Å². The van der Waals surface area contributed by atoms with E-state index in [1.807, 2.05) is 0 Å². The first-order valence-corrected chi connectivity index (χ1v) is 13.2. The van der Waals surface area contributed by atoms with Gasteiger partial charge in [-0.15, -0.1) is 11.3 Å². The molecule has 1 saturated heterocycles. The molecule has 3 amide bonds. The molecule has 1 unspecified atom stereocenters. The lowest BCUT2D eigenvalue weighted by atomic mass is 10.1. The molecule has 3 rings (SSSR count). The number of rotatable bonds is 7. The highest BCUT2D eigenvalue weighted by Crippen LogP contribution is 2.26. The van der Waals surface area contributed by atoms with Crippen LogP contribution in [-0.2, 0) is 24.2 Å². The van der Waals surface area contributed by atoms with E-state index in [2.05, 4.69) is 10.6 Å². The lowest BCUT2D eigenvalue weighted by Crippen LogP contribution is -2.52. The molecule has 33 heavy (non-hydrogen) atoms. The Bertz CT molecular complexity index is 1180. The zero-order valence-corrected chi connectivity index (χ0v) is 20.6. The molecule has 2 atom stereocenters. The summed E-state index contributed by atoms with van der Waals surface area (Å²) in [5.74, 6) is -1.43. The van der Waals surface area contributed by atoms with Crippen LogP contribution >= 0.6 is 22.9 Å². The van der Waals surface area contributed by atoms with Crippen molar-refractivity contribution in [1.29, 1.82) is 0 Å². The van der Waals surface area contributed by atoms with Crippen molar-refractivity contribution in [2.24, 2.45) is 0 Å². The quantitative estimate of drug-likeness (QED) is 0.585. The van der Waals surface area contributed by atoms with E-state index in [-0.39, 0.29) is 17.4 Å². The number of sulfone groups is 1. The third-order valence-corrected chi connectivity index (χ3v) is 8.10. The maximum atomic E-state index is 13.0. The van der Waals surface area contributed by atoms with Gasteiger partial charge in [0.2, 0.25) is 5.91 Å². The second kappa shape index (κ2) is 10.2. The molecule has 1 fully saturated rings. The average molecular weight is 514 g/mol. The van der Waals surface area contributed by atoms with E-state index in [0.717, 1.165) is 23.2 Å². The normalized spacial score (nSPS) is 16.2. The van der Waals surface area contributed by atoms with Crippen LogP contribution in [0.1, 0.15) is 22.2 Å². The summed E-state index contributed by atoms with van der Waals surface area (Å²) >= 11 is 6.89. The largest absolute Gasteiger partial charge is 0.370 e. The third-order valence-electron chi connectivity index (χ3n) is 5.25. The molecule has 178 valence electrons. The smallest absolute Gasteiger partial charge is 0.262 e. The van der Waals surface area contributed by atoms with Gasteiger partial charge < -0.3 is 20.3 Å². The molecule has 0 aliphatic carbocycles. The van der Waals surface area contributed by atoms with Gasteiger partial charge in [0, 0.05) is 24.2 Å². The van der Waals surface area contributed by atoms with E-state index in [1.54, 1.807) is 36.1 Å². The molecule has 2 aromatic rings. The second-order valence-electron chi connectivity index (χ2n) is 7.68. The number of anilines is 2. The van der Waals surface area contributed by atoms with Gasteiger partial charge in [-0.05, 0) is 49.7 Å². The maximum absolute atomic E-state index is 13.0. The number of ether oxygens (including phenoxy) is 1. The summed E-state index contributed by atoms with van der Waals surface area (Å²) in [5, 5.41) is 4.00. The number of amides is 3. The molecule has 2 N–H and O–H groups in total. The van der Waals surface area contributed by atoms with Crippen LogP contribution in [0.25, 0.3) is 0 Å². The number of nitrogens with one attached hydrogen (secondary N) is 2. The Morgan fingerprint density at radius 2 is 1.97 bits per heavy atom. The lowest BCUT2D eigenvalue weighted by Gasteiger charge is -2.28. The van der Waals surface area contributed by atoms with Gasteiger partial charge >= 0.3 is 0 Å². The van der Waals surface area contributed by atoms with Gasteiger partial charge in [0.1, 0.15) is 12.6 Å². The van der Waals surface area contributed by atoms with Crippen molar-refractivity contribution in [3.8, 4) is 0 Å². The van der Waals surface area contributed by atoms with Crippen LogP contribution in [0.15, 0.2) is 30.3 Å². The molecule has 0 radical (unpaired) electrons. The topological polar surface area (TPSA) is 122 Å².